The molecule has 3 aliphatic heterocycles. The van der Waals surface area contributed by atoms with E-state index in [0.717, 1.165) is 0 Å². The van der Waals surface area contributed by atoms with Gasteiger partial charge in [0, 0.05) is 50.9 Å². The van der Waals surface area contributed by atoms with Crippen molar-refractivity contribution in [2.45, 2.75) is 6.54 Å². The van der Waals surface area contributed by atoms with E-state index >= 15 is 0 Å². The molecule has 0 spiro atoms. The number of nitrogens with zero attached hydrogens (tertiary/aromatic N) is 4. The molecule has 0 radical (unpaired) electrons. The van der Waals surface area contributed by atoms with Gasteiger partial charge in [-0.05, 0) is 12.1 Å². The van der Waals surface area contributed by atoms with E-state index in [-0.39, 0.29) is 41.2 Å². The SMILES string of the molecule is O=C1CN(C(=O)[C@@]23COC[C@@H]2CN(Cc2cc(=O)n4cccc(O)c4n2)C3)CCN1. The lowest BCUT2D eigenvalue weighted by Gasteiger charge is -2.35. The van der Waals surface area contributed by atoms with Crippen molar-refractivity contribution in [2.75, 3.05) is 45.9 Å². The number of piperazine rings is 1. The van der Waals surface area contributed by atoms with Crippen molar-refractivity contribution in [3.05, 3.63) is 40.4 Å². The Bertz CT molecular complexity index is 1080. The molecule has 0 bridgehead atoms. The van der Waals surface area contributed by atoms with E-state index in [4.69, 9.17) is 4.74 Å². The first kappa shape index (κ1) is 19.0. The molecule has 2 amide bonds. The molecule has 10 heteroatoms. The molecule has 0 unspecified atom stereocenters. The van der Waals surface area contributed by atoms with E-state index in [0.29, 0.717) is 51.6 Å². The largest absolute Gasteiger partial charge is 0.504 e. The number of fused-ring (bicyclic) bond motifs is 2. The molecule has 10 nitrogen and oxygen atoms in total. The Hall–Kier alpha value is -2.98. The summed E-state index contributed by atoms with van der Waals surface area (Å²) in [5.41, 5.74) is -0.181. The average molecular weight is 413 g/mol. The third kappa shape index (κ3) is 3.03. The molecule has 5 heterocycles. The van der Waals surface area contributed by atoms with Crippen LogP contribution in [0.4, 0.5) is 0 Å². The van der Waals surface area contributed by atoms with E-state index in [1.807, 2.05) is 0 Å². The molecule has 3 fully saturated rings. The Morgan fingerprint density at radius 1 is 1.40 bits per heavy atom. The first-order valence-corrected chi connectivity index (χ1v) is 10.0. The molecule has 2 aromatic rings. The number of pyridine rings is 1. The fraction of sp³-hybridized carbons (Fsp3) is 0.500. The van der Waals surface area contributed by atoms with Crippen LogP contribution in [0.3, 0.4) is 0 Å². The van der Waals surface area contributed by atoms with Crippen LogP contribution in [0.15, 0.2) is 29.2 Å². The Balaban J connectivity index is 1.38. The van der Waals surface area contributed by atoms with Gasteiger partial charge in [-0.3, -0.25) is 23.7 Å². The van der Waals surface area contributed by atoms with E-state index in [9.17, 15) is 19.5 Å². The quantitative estimate of drug-likeness (QED) is 0.650. The molecule has 0 aliphatic carbocycles. The highest BCUT2D eigenvalue weighted by Crippen LogP contribution is 2.43. The minimum Gasteiger partial charge on any atom is -0.504 e. The third-order valence-electron chi connectivity index (χ3n) is 6.31. The van der Waals surface area contributed by atoms with E-state index in [2.05, 4.69) is 15.2 Å². The Morgan fingerprint density at radius 2 is 2.27 bits per heavy atom. The van der Waals surface area contributed by atoms with Crippen molar-refractivity contribution >= 4 is 17.5 Å². The van der Waals surface area contributed by atoms with Crippen LogP contribution in [0.1, 0.15) is 5.69 Å². The van der Waals surface area contributed by atoms with Crippen molar-refractivity contribution in [2.24, 2.45) is 11.3 Å². The van der Waals surface area contributed by atoms with E-state index in [1.54, 1.807) is 17.2 Å². The van der Waals surface area contributed by atoms with Crippen molar-refractivity contribution in [1.82, 2.24) is 24.5 Å². The highest BCUT2D eigenvalue weighted by Gasteiger charge is 2.57. The number of aromatic nitrogens is 2. The maximum Gasteiger partial charge on any atom is 0.258 e. The minimum absolute atomic E-state index is 0.0324. The maximum absolute atomic E-state index is 13.4. The lowest BCUT2D eigenvalue weighted by Crippen LogP contribution is -2.56. The summed E-state index contributed by atoms with van der Waals surface area (Å²) in [4.78, 5) is 45.7. The van der Waals surface area contributed by atoms with Gasteiger partial charge in [-0.25, -0.2) is 4.98 Å². The summed E-state index contributed by atoms with van der Waals surface area (Å²) < 4.78 is 6.97. The van der Waals surface area contributed by atoms with Crippen molar-refractivity contribution < 1.29 is 19.4 Å². The zero-order chi connectivity index (χ0) is 20.9. The number of hydrogen-bond acceptors (Lipinski definition) is 7. The zero-order valence-electron chi connectivity index (χ0n) is 16.4. The van der Waals surface area contributed by atoms with Crippen LogP contribution in [-0.2, 0) is 20.9 Å². The summed E-state index contributed by atoms with van der Waals surface area (Å²) >= 11 is 0. The first-order valence-electron chi connectivity index (χ1n) is 10.0. The van der Waals surface area contributed by atoms with Gasteiger partial charge >= 0.3 is 0 Å². The van der Waals surface area contributed by atoms with Crippen LogP contribution in [-0.4, -0.2) is 82.0 Å². The minimum atomic E-state index is -0.675. The fourth-order valence-corrected chi connectivity index (χ4v) is 4.86. The summed E-state index contributed by atoms with van der Waals surface area (Å²) in [6.45, 7) is 3.40. The normalized spacial score (nSPS) is 26.7. The molecule has 3 saturated heterocycles. The monoisotopic (exact) mass is 413 g/mol. The van der Waals surface area contributed by atoms with Crippen LogP contribution in [0.2, 0.25) is 0 Å². The van der Waals surface area contributed by atoms with Crippen LogP contribution < -0.4 is 10.9 Å². The number of ether oxygens (including phenoxy) is 1. The first-order chi connectivity index (χ1) is 14.5. The summed E-state index contributed by atoms with van der Waals surface area (Å²) in [6.07, 6.45) is 1.56. The third-order valence-corrected chi connectivity index (χ3v) is 6.31. The van der Waals surface area contributed by atoms with Gasteiger partial charge in [-0.1, -0.05) is 0 Å². The molecular formula is C20H23N5O5. The van der Waals surface area contributed by atoms with Crippen LogP contribution in [0.5, 0.6) is 5.75 Å². The zero-order valence-corrected chi connectivity index (χ0v) is 16.4. The number of carbonyl (C=O) groups is 2. The van der Waals surface area contributed by atoms with Crippen LogP contribution in [0.25, 0.3) is 5.65 Å². The van der Waals surface area contributed by atoms with Gasteiger partial charge in [-0.15, -0.1) is 0 Å². The summed E-state index contributed by atoms with van der Waals surface area (Å²) in [6, 6.07) is 4.54. The lowest BCUT2D eigenvalue weighted by atomic mass is 9.79. The topological polar surface area (TPSA) is 116 Å². The molecule has 2 N–H and O–H groups in total. The van der Waals surface area contributed by atoms with Gasteiger partial charge < -0.3 is 20.1 Å². The summed E-state index contributed by atoms with van der Waals surface area (Å²) in [5.74, 6) is -0.202. The van der Waals surface area contributed by atoms with Crippen molar-refractivity contribution in [3.63, 3.8) is 0 Å². The Morgan fingerprint density at radius 3 is 3.10 bits per heavy atom. The van der Waals surface area contributed by atoms with Gasteiger partial charge in [0.25, 0.3) is 5.56 Å². The predicted octanol–water partition coefficient (Wildman–Crippen LogP) is -1.19. The molecule has 2 aromatic heterocycles. The number of hydrogen-bond donors (Lipinski definition) is 2. The molecule has 0 saturated carbocycles. The average Bonchev–Trinajstić information content (AvgIpc) is 3.26. The number of likely N-dealkylation sites (tertiary alicyclic amines) is 1. The molecule has 2 atom stereocenters. The van der Waals surface area contributed by atoms with Crippen molar-refractivity contribution in [3.8, 4) is 5.75 Å². The van der Waals surface area contributed by atoms with Gasteiger partial charge in [0.2, 0.25) is 11.8 Å². The molecule has 5 rings (SSSR count). The maximum atomic E-state index is 13.4. The smallest absolute Gasteiger partial charge is 0.258 e. The standard InChI is InChI=1S/C20H23N5O5/c26-15-2-1-4-25-17(28)6-14(22-18(15)25)8-23-7-13-10-30-12-20(13,11-23)19(29)24-5-3-21-16(27)9-24/h1-2,4,6,13,26H,3,5,7-12H2,(H,21,27)/t13-,20-/m0/s1. The lowest BCUT2D eigenvalue weighted by molar-refractivity contribution is -0.147. The van der Waals surface area contributed by atoms with Gasteiger partial charge in [0.15, 0.2) is 11.4 Å². The summed E-state index contributed by atoms with van der Waals surface area (Å²) in [7, 11) is 0. The second kappa shape index (κ2) is 7.06. The highest BCUT2D eigenvalue weighted by molar-refractivity contribution is 5.90. The van der Waals surface area contributed by atoms with Crippen LogP contribution >= 0.6 is 0 Å². The van der Waals surface area contributed by atoms with Gasteiger partial charge in [-0.2, -0.15) is 0 Å². The fourth-order valence-electron chi connectivity index (χ4n) is 4.86. The van der Waals surface area contributed by atoms with Gasteiger partial charge in [0.05, 0.1) is 30.9 Å². The van der Waals surface area contributed by atoms with Gasteiger partial charge in [0.1, 0.15) is 0 Å². The number of amides is 2. The van der Waals surface area contributed by atoms with E-state index < -0.39 is 5.41 Å². The Kier molecular flexibility index (Phi) is 4.48. The summed E-state index contributed by atoms with van der Waals surface area (Å²) in [5, 5.41) is 12.8. The molecule has 158 valence electrons. The Labute approximate surface area is 172 Å². The van der Waals surface area contributed by atoms with E-state index in [1.165, 1.54) is 16.5 Å². The second-order valence-electron chi connectivity index (χ2n) is 8.29. The number of rotatable bonds is 3. The number of carbonyl (C=O) groups excluding carboxylic acids is 2. The molecule has 3 aliphatic rings. The highest BCUT2D eigenvalue weighted by atomic mass is 16.5. The van der Waals surface area contributed by atoms with Crippen molar-refractivity contribution in [1.29, 1.82) is 0 Å². The van der Waals surface area contributed by atoms with Crippen LogP contribution in [0, 0.1) is 11.3 Å². The molecule has 0 aromatic carbocycles. The number of aromatic hydroxyl groups is 1. The second-order valence-corrected chi connectivity index (χ2v) is 8.29. The molecule has 30 heavy (non-hydrogen) atoms. The predicted molar refractivity (Wildman–Crippen MR) is 105 cm³/mol. The number of nitrogens with one attached hydrogen (secondary N) is 1. The molecular weight excluding hydrogens is 390 g/mol.